The summed E-state index contributed by atoms with van der Waals surface area (Å²) in [6, 6.07) is 6.73. The standard InChI is InChI=1S/C16H25NO/c1-13-4-5-15(10-14(13)2)11-17-12-16(6-7-16)8-9-18-3/h4-5,10,17H,6-9,11-12H2,1-3H3. The topological polar surface area (TPSA) is 21.3 Å². The van der Waals surface area contributed by atoms with E-state index >= 15 is 0 Å². The molecule has 1 aliphatic rings. The average Bonchev–Trinajstić information content (AvgIpc) is 3.12. The van der Waals surface area contributed by atoms with Crippen molar-refractivity contribution in [1.29, 1.82) is 0 Å². The van der Waals surface area contributed by atoms with Gasteiger partial charge in [-0.3, -0.25) is 0 Å². The van der Waals surface area contributed by atoms with Gasteiger partial charge in [0.1, 0.15) is 0 Å². The summed E-state index contributed by atoms with van der Waals surface area (Å²) in [5.74, 6) is 0. The molecule has 0 unspecified atom stereocenters. The SMILES string of the molecule is COCCC1(CNCc2ccc(C)c(C)c2)CC1. The summed E-state index contributed by atoms with van der Waals surface area (Å²) in [5.41, 5.74) is 4.68. The lowest BCUT2D eigenvalue weighted by Gasteiger charge is -2.15. The molecule has 0 saturated heterocycles. The second kappa shape index (κ2) is 5.85. The highest BCUT2D eigenvalue weighted by atomic mass is 16.5. The molecule has 1 aromatic rings. The number of nitrogens with one attached hydrogen (secondary N) is 1. The van der Waals surface area contributed by atoms with Crippen LogP contribution in [0.4, 0.5) is 0 Å². The molecule has 2 rings (SSSR count). The number of benzene rings is 1. The Morgan fingerprint density at radius 2 is 2.00 bits per heavy atom. The smallest absolute Gasteiger partial charge is 0.0468 e. The predicted molar refractivity (Wildman–Crippen MR) is 75.8 cm³/mol. The molecule has 2 nitrogen and oxygen atoms in total. The van der Waals surface area contributed by atoms with E-state index in [1.807, 2.05) is 0 Å². The van der Waals surface area contributed by atoms with Gasteiger partial charge in [-0.25, -0.2) is 0 Å². The first kappa shape index (κ1) is 13.6. The van der Waals surface area contributed by atoms with Gasteiger partial charge in [0, 0.05) is 26.8 Å². The van der Waals surface area contributed by atoms with Gasteiger partial charge in [-0.2, -0.15) is 0 Å². The average molecular weight is 247 g/mol. The van der Waals surface area contributed by atoms with Gasteiger partial charge in [-0.15, -0.1) is 0 Å². The molecular weight excluding hydrogens is 222 g/mol. The van der Waals surface area contributed by atoms with Crippen molar-refractivity contribution < 1.29 is 4.74 Å². The van der Waals surface area contributed by atoms with E-state index in [-0.39, 0.29) is 0 Å². The van der Waals surface area contributed by atoms with Crippen LogP contribution in [0, 0.1) is 19.3 Å². The van der Waals surface area contributed by atoms with E-state index in [0.29, 0.717) is 5.41 Å². The molecule has 2 heteroatoms. The van der Waals surface area contributed by atoms with Crippen molar-refractivity contribution in [2.45, 2.75) is 39.7 Å². The minimum Gasteiger partial charge on any atom is -0.385 e. The van der Waals surface area contributed by atoms with Crippen LogP contribution < -0.4 is 5.32 Å². The van der Waals surface area contributed by atoms with Crippen molar-refractivity contribution in [3.8, 4) is 0 Å². The van der Waals surface area contributed by atoms with Gasteiger partial charge < -0.3 is 10.1 Å². The number of aryl methyl sites for hydroxylation is 2. The first-order valence-corrected chi connectivity index (χ1v) is 6.91. The first-order chi connectivity index (χ1) is 8.65. The number of hydrogen-bond donors (Lipinski definition) is 1. The summed E-state index contributed by atoms with van der Waals surface area (Å²) in [6.07, 6.45) is 3.91. The molecule has 1 saturated carbocycles. The third-order valence-corrected chi connectivity index (χ3v) is 4.19. The lowest BCUT2D eigenvalue weighted by molar-refractivity contribution is 0.171. The van der Waals surface area contributed by atoms with Gasteiger partial charge in [0.25, 0.3) is 0 Å². The van der Waals surface area contributed by atoms with Gasteiger partial charge in [-0.05, 0) is 55.2 Å². The lowest BCUT2D eigenvalue weighted by Crippen LogP contribution is -2.24. The Morgan fingerprint density at radius 1 is 1.22 bits per heavy atom. The molecule has 0 spiro atoms. The minimum atomic E-state index is 0.537. The van der Waals surface area contributed by atoms with E-state index in [1.165, 1.54) is 36.0 Å². The lowest BCUT2D eigenvalue weighted by atomic mass is 10.0. The van der Waals surface area contributed by atoms with Gasteiger partial charge in [-0.1, -0.05) is 18.2 Å². The summed E-state index contributed by atoms with van der Waals surface area (Å²) in [5, 5.41) is 3.60. The fourth-order valence-corrected chi connectivity index (χ4v) is 2.40. The zero-order valence-corrected chi connectivity index (χ0v) is 11.9. The molecule has 1 N–H and O–H groups in total. The van der Waals surface area contributed by atoms with Crippen molar-refractivity contribution in [3.05, 3.63) is 34.9 Å². The molecule has 0 heterocycles. The second-order valence-electron chi connectivity index (χ2n) is 5.76. The summed E-state index contributed by atoms with van der Waals surface area (Å²) in [7, 11) is 1.79. The summed E-state index contributed by atoms with van der Waals surface area (Å²) in [6.45, 7) is 7.35. The summed E-state index contributed by atoms with van der Waals surface area (Å²) in [4.78, 5) is 0. The van der Waals surface area contributed by atoms with Gasteiger partial charge in [0.2, 0.25) is 0 Å². The largest absolute Gasteiger partial charge is 0.385 e. The highest BCUT2D eigenvalue weighted by Crippen LogP contribution is 2.48. The normalized spacial score (nSPS) is 16.8. The molecule has 1 fully saturated rings. The molecule has 18 heavy (non-hydrogen) atoms. The molecule has 0 radical (unpaired) electrons. The van der Waals surface area contributed by atoms with Crippen LogP contribution >= 0.6 is 0 Å². The van der Waals surface area contributed by atoms with Gasteiger partial charge in [0.05, 0.1) is 0 Å². The molecule has 1 aliphatic carbocycles. The number of rotatable bonds is 7. The van der Waals surface area contributed by atoms with E-state index in [9.17, 15) is 0 Å². The Balaban J connectivity index is 1.76. The van der Waals surface area contributed by atoms with Crippen molar-refractivity contribution in [2.75, 3.05) is 20.3 Å². The highest BCUT2D eigenvalue weighted by Gasteiger charge is 2.41. The van der Waals surface area contributed by atoms with E-state index < -0.39 is 0 Å². The van der Waals surface area contributed by atoms with Crippen LogP contribution in [0.5, 0.6) is 0 Å². The predicted octanol–water partition coefficient (Wildman–Crippen LogP) is 3.21. The van der Waals surface area contributed by atoms with Crippen molar-refractivity contribution in [2.24, 2.45) is 5.41 Å². The van der Waals surface area contributed by atoms with Crippen LogP contribution in [0.3, 0.4) is 0 Å². The Hall–Kier alpha value is -0.860. The molecule has 0 aromatic heterocycles. The molecule has 0 atom stereocenters. The maximum atomic E-state index is 5.18. The molecule has 0 bridgehead atoms. The van der Waals surface area contributed by atoms with Crippen LogP contribution in [0.1, 0.15) is 36.0 Å². The zero-order chi connectivity index (χ0) is 13.0. The Bertz CT molecular complexity index is 396. The Labute approximate surface area is 111 Å². The number of ether oxygens (including phenoxy) is 1. The minimum absolute atomic E-state index is 0.537. The maximum absolute atomic E-state index is 5.18. The quantitative estimate of drug-likeness (QED) is 0.799. The second-order valence-corrected chi connectivity index (χ2v) is 5.76. The van der Waals surface area contributed by atoms with E-state index in [2.05, 4.69) is 37.4 Å². The molecule has 0 aliphatic heterocycles. The first-order valence-electron chi connectivity index (χ1n) is 6.91. The van der Waals surface area contributed by atoms with Crippen molar-refractivity contribution >= 4 is 0 Å². The Kier molecular flexibility index (Phi) is 4.41. The number of methoxy groups -OCH3 is 1. The van der Waals surface area contributed by atoms with Crippen LogP contribution in [0.2, 0.25) is 0 Å². The van der Waals surface area contributed by atoms with Crippen LogP contribution in [0.25, 0.3) is 0 Å². The fourth-order valence-electron chi connectivity index (χ4n) is 2.40. The fraction of sp³-hybridized carbons (Fsp3) is 0.625. The summed E-state index contributed by atoms with van der Waals surface area (Å²) < 4.78 is 5.18. The van der Waals surface area contributed by atoms with Crippen molar-refractivity contribution in [3.63, 3.8) is 0 Å². The molecular formula is C16H25NO. The third kappa shape index (κ3) is 3.56. The molecule has 100 valence electrons. The van der Waals surface area contributed by atoms with Gasteiger partial charge >= 0.3 is 0 Å². The highest BCUT2D eigenvalue weighted by molar-refractivity contribution is 5.29. The van der Waals surface area contributed by atoms with E-state index in [0.717, 1.165) is 19.7 Å². The third-order valence-electron chi connectivity index (χ3n) is 4.19. The van der Waals surface area contributed by atoms with Crippen LogP contribution in [0.15, 0.2) is 18.2 Å². The molecule has 1 aromatic carbocycles. The Morgan fingerprint density at radius 3 is 2.61 bits per heavy atom. The van der Waals surface area contributed by atoms with Crippen LogP contribution in [-0.4, -0.2) is 20.3 Å². The number of hydrogen-bond acceptors (Lipinski definition) is 2. The molecule has 0 amide bonds. The van der Waals surface area contributed by atoms with Crippen LogP contribution in [-0.2, 0) is 11.3 Å². The maximum Gasteiger partial charge on any atom is 0.0468 e. The van der Waals surface area contributed by atoms with Gasteiger partial charge in [0.15, 0.2) is 0 Å². The van der Waals surface area contributed by atoms with Crippen molar-refractivity contribution in [1.82, 2.24) is 5.32 Å². The zero-order valence-electron chi connectivity index (χ0n) is 11.9. The monoisotopic (exact) mass is 247 g/mol. The summed E-state index contributed by atoms with van der Waals surface area (Å²) >= 11 is 0. The van der Waals surface area contributed by atoms with E-state index in [4.69, 9.17) is 4.74 Å². The van der Waals surface area contributed by atoms with E-state index in [1.54, 1.807) is 7.11 Å².